The van der Waals surface area contributed by atoms with Crippen LogP contribution in [0.25, 0.3) is 10.9 Å². The highest BCUT2D eigenvalue weighted by Crippen LogP contribution is 2.35. The number of amides is 1. The molecule has 12 heteroatoms. The molecule has 0 atom stereocenters. The van der Waals surface area contributed by atoms with Crippen molar-refractivity contribution in [2.45, 2.75) is 50.4 Å². The molecular formula is C25H25ClF3N3O4S. The summed E-state index contributed by atoms with van der Waals surface area (Å²) in [4.78, 5) is 16.2. The van der Waals surface area contributed by atoms with E-state index in [1.165, 1.54) is 24.3 Å². The zero-order valence-corrected chi connectivity index (χ0v) is 21.4. The van der Waals surface area contributed by atoms with Crippen LogP contribution in [-0.4, -0.2) is 37.6 Å². The van der Waals surface area contributed by atoms with Gasteiger partial charge in [-0.3, -0.25) is 4.79 Å². The second-order valence-corrected chi connectivity index (χ2v) is 11.1. The molecule has 4 rings (SSSR count). The summed E-state index contributed by atoms with van der Waals surface area (Å²) in [6.07, 6.45) is -0.842. The number of hydrogen-bond donors (Lipinski definition) is 2. The van der Waals surface area contributed by atoms with Crippen LogP contribution in [0, 0.1) is 0 Å². The molecule has 7 nitrogen and oxygen atoms in total. The van der Waals surface area contributed by atoms with Crippen molar-refractivity contribution in [2.75, 3.05) is 11.6 Å². The highest BCUT2D eigenvalue weighted by Gasteiger charge is 2.34. The van der Waals surface area contributed by atoms with E-state index in [2.05, 4.69) is 15.6 Å². The number of fused-ring (bicyclic) bond motifs is 1. The van der Waals surface area contributed by atoms with Crippen LogP contribution in [0.5, 0.6) is 5.75 Å². The lowest BCUT2D eigenvalue weighted by Gasteiger charge is -2.31. The Labute approximate surface area is 217 Å². The Morgan fingerprint density at radius 3 is 2.32 bits per heavy atom. The molecule has 1 aliphatic carbocycles. The molecule has 1 heterocycles. The molecule has 0 bridgehead atoms. The van der Waals surface area contributed by atoms with Crippen LogP contribution >= 0.6 is 11.6 Å². The predicted molar refractivity (Wildman–Crippen MR) is 135 cm³/mol. The van der Waals surface area contributed by atoms with Crippen LogP contribution in [0.3, 0.4) is 0 Å². The van der Waals surface area contributed by atoms with E-state index < -0.39 is 22.0 Å². The lowest BCUT2D eigenvalue weighted by Crippen LogP contribution is -2.40. The number of carbonyl (C=O) groups excluding carboxylic acids is 1. The van der Waals surface area contributed by atoms with Gasteiger partial charge < -0.3 is 14.8 Å². The van der Waals surface area contributed by atoms with Gasteiger partial charge in [0, 0.05) is 28.2 Å². The molecular weight excluding hydrogens is 531 g/mol. The molecule has 1 aliphatic rings. The van der Waals surface area contributed by atoms with Crippen LogP contribution in [0.2, 0.25) is 5.02 Å². The first kappa shape index (κ1) is 27.0. The van der Waals surface area contributed by atoms with E-state index >= 15 is 0 Å². The average molecular weight is 556 g/mol. The molecule has 2 N–H and O–H groups in total. The van der Waals surface area contributed by atoms with Gasteiger partial charge in [0.1, 0.15) is 11.4 Å². The Balaban J connectivity index is 1.34. The number of hydrogen-bond acceptors (Lipinski definition) is 6. The van der Waals surface area contributed by atoms with Crippen LogP contribution in [-0.2, 0) is 27.5 Å². The molecule has 1 amide bonds. The van der Waals surface area contributed by atoms with Gasteiger partial charge in [0.25, 0.3) is 0 Å². The Hall–Kier alpha value is -3.05. The second-order valence-electron chi connectivity index (χ2n) is 9.08. The van der Waals surface area contributed by atoms with E-state index in [4.69, 9.17) is 15.8 Å². The number of carbonyl (C=O) groups is 1. The minimum Gasteiger partial charge on any atom is -0.383 e. The first-order chi connectivity index (χ1) is 17.4. The normalized spacial score (nSPS) is 18.4. The third kappa shape index (κ3) is 7.48. The van der Waals surface area contributed by atoms with Crippen molar-refractivity contribution in [1.29, 1.82) is 0 Å². The lowest BCUT2D eigenvalue weighted by atomic mass is 9.90. The van der Waals surface area contributed by atoms with Crippen molar-refractivity contribution >= 4 is 44.2 Å². The van der Waals surface area contributed by atoms with Crippen LogP contribution in [0.4, 0.5) is 18.9 Å². The summed E-state index contributed by atoms with van der Waals surface area (Å²) < 4.78 is 67.3. The number of rotatable bonds is 7. The van der Waals surface area contributed by atoms with Gasteiger partial charge in [-0.25, -0.2) is 4.98 Å². The van der Waals surface area contributed by atoms with E-state index in [1.54, 1.807) is 18.2 Å². The summed E-state index contributed by atoms with van der Waals surface area (Å²) in [5, 5.41) is 7.15. The van der Waals surface area contributed by atoms with Gasteiger partial charge in [-0.05, 0) is 67.6 Å². The van der Waals surface area contributed by atoms with Crippen LogP contribution in [0.1, 0.15) is 36.9 Å². The van der Waals surface area contributed by atoms with Crippen molar-refractivity contribution in [2.24, 2.45) is 0 Å². The zero-order valence-electron chi connectivity index (χ0n) is 19.8. The van der Waals surface area contributed by atoms with Gasteiger partial charge >= 0.3 is 16.3 Å². The fraction of sp³-hybridized carbons (Fsp3) is 0.360. The smallest absolute Gasteiger partial charge is 0.383 e. The van der Waals surface area contributed by atoms with Gasteiger partial charge in [-0.15, -0.1) is 0 Å². The van der Waals surface area contributed by atoms with Crippen molar-refractivity contribution in [3.05, 3.63) is 64.8 Å². The highest BCUT2D eigenvalue weighted by molar-refractivity contribution is 7.86. The molecule has 1 aromatic heterocycles. The molecule has 3 aromatic rings. The number of nitrogens with zero attached hydrogens (tertiary/aromatic N) is 1. The molecule has 0 unspecified atom stereocenters. The minimum absolute atomic E-state index is 0.0484. The molecule has 1 saturated carbocycles. The number of nitrogens with one attached hydrogen (secondary N) is 2. The standard InChI is InChI=1S/C25H25ClF3N3O4S/c1-37(34,35)36-19-9-2-15(3-10-19)12-24(33)31-18-7-5-17(6-8-18)30-22-14-23(25(27,28)29)32-21-11-4-16(26)13-20(21)22/h2-4,9-11,13-14,17-18H,5-8,12H2,1H3,(H,30,32)(H,31,33). The zero-order chi connectivity index (χ0) is 26.8. The molecule has 1 fully saturated rings. The fourth-order valence-corrected chi connectivity index (χ4v) is 5.00. The number of anilines is 1. The summed E-state index contributed by atoms with van der Waals surface area (Å²) in [5.41, 5.74) is 0.272. The Morgan fingerprint density at radius 1 is 1.05 bits per heavy atom. The summed E-state index contributed by atoms with van der Waals surface area (Å²) in [6.45, 7) is 0. The number of alkyl halides is 3. The van der Waals surface area contributed by atoms with Crippen LogP contribution < -0.4 is 14.8 Å². The maximum absolute atomic E-state index is 13.4. The van der Waals surface area contributed by atoms with Crippen molar-refractivity contribution in [1.82, 2.24) is 10.3 Å². The topological polar surface area (TPSA) is 97.4 Å². The second kappa shape index (κ2) is 10.7. The molecule has 198 valence electrons. The molecule has 0 spiro atoms. The quantitative estimate of drug-likeness (QED) is 0.383. The number of benzene rings is 2. The van der Waals surface area contributed by atoms with E-state index in [0.717, 1.165) is 12.3 Å². The third-order valence-electron chi connectivity index (χ3n) is 6.05. The van der Waals surface area contributed by atoms with Crippen LogP contribution in [0.15, 0.2) is 48.5 Å². The van der Waals surface area contributed by atoms with Crippen molar-refractivity contribution in [3.8, 4) is 5.75 Å². The lowest BCUT2D eigenvalue weighted by molar-refractivity contribution is -0.140. The maximum Gasteiger partial charge on any atom is 0.433 e. The van der Waals surface area contributed by atoms with Gasteiger partial charge in [-0.2, -0.15) is 21.6 Å². The molecule has 37 heavy (non-hydrogen) atoms. The van der Waals surface area contributed by atoms with Crippen molar-refractivity contribution < 1.29 is 30.6 Å². The average Bonchev–Trinajstić information content (AvgIpc) is 2.80. The molecule has 2 aromatic carbocycles. The van der Waals surface area contributed by atoms with E-state index in [-0.39, 0.29) is 35.7 Å². The number of pyridine rings is 1. The summed E-state index contributed by atoms with van der Waals surface area (Å²) in [5.74, 6) is 0.00172. The highest BCUT2D eigenvalue weighted by atomic mass is 35.5. The minimum atomic E-state index is -4.58. The van der Waals surface area contributed by atoms with E-state index in [0.29, 0.717) is 47.3 Å². The maximum atomic E-state index is 13.4. The van der Waals surface area contributed by atoms with Crippen molar-refractivity contribution in [3.63, 3.8) is 0 Å². The van der Waals surface area contributed by atoms with E-state index in [1.807, 2.05) is 0 Å². The Kier molecular flexibility index (Phi) is 7.84. The van der Waals surface area contributed by atoms with E-state index in [9.17, 15) is 26.4 Å². The predicted octanol–water partition coefficient (Wildman–Crippen LogP) is 5.33. The largest absolute Gasteiger partial charge is 0.433 e. The SMILES string of the molecule is CS(=O)(=O)Oc1ccc(CC(=O)NC2CCC(Nc3cc(C(F)(F)F)nc4ccc(Cl)cc34)CC2)cc1. The Bertz CT molecular complexity index is 1390. The summed E-state index contributed by atoms with van der Waals surface area (Å²) >= 11 is 6.07. The van der Waals surface area contributed by atoms with Gasteiger partial charge in [0.2, 0.25) is 5.91 Å². The first-order valence-electron chi connectivity index (χ1n) is 11.6. The number of aromatic nitrogens is 1. The number of halogens is 4. The fourth-order valence-electron chi connectivity index (χ4n) is 4.37. The monoisotopic (exact) mass is 555 g/mol. The molecule has 0 radical (unpaired) electrons. The Morgan fingerprint density at radius 2 is 1.70 bits per heavy atom. The molecule has 0 aliphatic heterocycles. The summed E-state index contributed by atoms with van der Waals surface area (Å²) in [6, 6.07) is 11.7. The third-order valence-corrected chi connectivity index (χ3v) is 6.78. The summed E-state index contributed by atoms with van der Waals surface area (Å²) in [7, 11) is -3.62. The first-order valence-corrected chi connectivity index (χ1v) is 13.8. The van der Waals surface area contributed by atoms with Gasteiger partial charge in [0.05, 0.1) is 18.2 Å². The van der Waals surface area contributed by atoms with Gasteiger partial charge in [-0.1, -0.05) is 23.7 Å². The van der Waals surface area contributed by atoms with Gasteiger partial charge in [0.15, 0.2) is 0 Å². The molecule has 0 saturated heterocycles.